The topological polar surface area (TPSA) is 79.0 Å². The summed E-state index contributed by atoms with van der Waals surface area (Å²) in [7, 11) is 3.77. The molecule has 5 rings (SSSR count). The first-order valence-corrected chi connectivity index (χ1v) is 13.7. The molecule has 0 saturated carbocycles. The number of fused-ring (bicyclic) bond motifs is 1. The highest BCUT2D eigenvalue weighted by atomic mass is 32.2. The predicted octanol–water partition coefficient (Wildman–Crippen LogP) is 4.36. The van der Waals surface area contributed by atoms with Crippen LogP contribution in [0.15, 0.2) is 115 Å². The van der Waals surface area contributed by atoms with Crippen LogP contribution in [-0.2, 0) is 14.3 Å². The Bertz CT molecular complexity index is 1370. The summed E-state index contributed by atoms with van der Waals surface area (Å²) in [6.45, 7) is 0. The van der Waals surface area contributed by atoms with Gasteiger partial charge in [-0.1, -0.05) is 78.9 Å². The fraction of sp³-hybridized carbons (Fsp3) is 0.194. The van der Waals surface area contributed by atoms with E-state index in [1.807, 2.05) is 98.0 Å². The molecule has 2 unspecified atom stereocenters. The molecule has 2 amide bonds. The predicted molar refractivity (Wildman–Crippen MR) is 151 cm³/mol. The first-order chi connectivity index (χ1) is 18.9. The molecule has 39 heavy (non-hydrogen) atoms. The smallest absolute Gasteiger partial charge is 0.356 e. The first kappa shape index (κ1) is 26.3. The minimum Gasteiger partial charge on any atom is -0.448 e. The molecule has 3 aromatic rings. The highest BCUT2D eigenvalue weighted by molar-refractivity contribution is 8.00. The Morgan fingerprint density at radius 2 is 1.51 bits per heavy atom. The maximum absolute atomic E-state index is 13.9. The third-order valence-corrected chi connectivity index (χ3v) is 7.82. The summed E-state index contributed by atoms with van der Waals surface area (Å²) < 4.78 is 6.15. The number of carbonyl (C=O) groups is 3. The monoisotopic (exact) mass is 539 g/mol. The van der Waals surface area contributed by atoms with Crippen molar-refractivity contribution in [1.29, 1.82) is 0 Å². The van der Waals surface area contributed by atoms with Gasteiger partial charge in [-0.3, -0.25) is 14.5 Å². The van der Waals surface area contributed by atoms with Crippen LogP contribution in [0.3, 0.4) is 0 Å². The highest BCUT2D eigenvalue weighted by Gasteiger charge is 2.54. The van der Waals surface area contributed by atoms with Crippen LogP contribution in [0.1, 0.15) is 27.6 Å². The van der Waals surface area contributed by atoms with Crippen molar-refractivity contribution in [3.63, 3.8) is 0 Å². The summed E-state index contributed by atoms with van der Waals surface area (Å²) in [5.74, 6) is -0.760. The van der Waals surface area contributed by atoms with Crippen LogP contribution >= 0.6 is 11.8 Å². The second-order valence-electron chi connectivity index (χ2n) is 9.49. The summed E-state index contributed by atoms with van der Waals surface area (Å²) in [6.07, 6.45) is 3.03. The van der Waals surface area contributed by atoms with E-state index in [2.05, 4.69) is 5.32 Å². The zero-order valence-electron chi connectivity index (χ0n) is 21.7. The van der Waals surface area contributed by atoms with E-state index in [-0.39, 0.29) is 17.5 Å². The van der Waals surface area contributed by atoms with Crippen molar-refractivity contribution in [1.82, 2.24) is 15.1 Å². The molecule has 2 heterocycles. The number of nitrogens with zero attached hydrogens (tertiary/aromatic N) is 2. The third-order valence-electron chi connectivity index (χ3n) is 6.52. The van der Waals surface area contributed by atoms with Crippen molar-refractivity contribution >= 4 is 29.5 Å². The lowest BCUT2D eigenvalue weighted by atomic mass is 10.0. The van der Waals surface area contributed by atoms with E-state index in [9.17, 15) is 14.4 Å². The fourth-order valence-corrected chi connectivity index (χ4v) is 5.88. The Morgan fingerprint density at radius 1 is 0.949 bits per heavy atom. The largest absolute Gasteiger partial charge is 0.448 e. The summed E-state index contributed by atoms with van der Waals surface area (Å²) in [5, 5.41) is 2.44. The van der Waals surface area contributed by atoms with E-state index in [4.69, 9.17) is 4.74 Å². The summed E-state index contributed by atoms with van der Waals surface area (Å²) in [5.41, 5.74) is 3.03. The molecule has 1 saturated heterocycles. The molecule has 0 aromatic heterocycles. The molecule has 3 aromatic carbocycles. The SMILES string of the molecule is CN(C)/C=C/C1=C(C(=O)OC(c2ccccc2)c2ccccc2)N2C(=O)C(NC(=O)c3ccccc3)C2SC1. The molecule has 2 aliphatic rings. The van der Waals surface area contributed by atoms with Crippen LogP contribution in [0, 0.1) is 0 Å². The van der Waals surface area contributed by atoms with E-state index >= 15 is 0 Å². The number of ether oxygens (including phenoxy) is 1. The van der Waals surface area contributed by atoms with Gasteiger partial charge in [0, 0.05) is 25.4 Å². The number of thioether (sulfide) groups is 1. The van der Waals surface area contributed by atoms with Gasteiger partial charge in [0.25, 0.3) is 11.8 Å². The van der Waals surface area contributed by atoms with Crippen molar-refractivity contribution in [3.8, 4) is 0 Å². The van der Waals surface area contributed by atoms with Crippen LogP contribution in [-0.4, -0.2) is 58.8 Å². The number of β-lactam (4-membered cyclic amide) rings is 1. The quantitative estimate of drug-likeness (QED) is 0.339. The Hall–Kier alpha value is -4.30. The van der Waals surface area contributed by atoms with E-state index < -0.39 is 23.5 Å². The van der Waals surface area contributed by atoms with Gasteiger partial charge in [0.2, 0.25) is 0 Å². The van der Waals surface area contributed by atoms with Gasteiger partial charge in [-0.15, -0.1) is 11.8 Å². The highest BCUT2D eigenvalue weighted by Crippen LogP contribution is 2.42. The molecule has 0 aliphatic carbocycles. The first-order valence-electron chi connectivity index (χ1n) is 12.6. The molecule has 0 bridgehead atoms. The van der Waals surface area contributed by atoms with Gasteiger partial charge in [0.1, 0.15) is 17.1 Å². The van der Waals surface area contributed by atoms with Crippen molar-refractivity contribution in [2.45, 2.75) is 17.5 Å². The van der Waals surface area contributed by atoms with Gasteiger partial charge in [-0.05, 0) is 41.1 Å². The molecular formula is C31H29N3O4S. The van der Waals surface area contributed by atoms with Crippen LogP contribution in [0.25, 0.3) is 0 Å². The Labute approximate surface area is 232 Å². The van der Waals surface area contributed by atoms with Gasteiger partial charge in [-0.25, -0.2) is 4.79 Å². The lowest BCUT2D eigenvalue weighted by molar-refractivity contribution is -0.153. The maximum Gasteiger partial charge on any atom is 0.356 e. The number of nitrogens with one attached hydrogen (secondary N) is 1. The average molecular weight is 540 g/mol. The standard InChI is InChI=1S/C31H29N3O4S/c1-33(2)19-18-24-20-39-30-25(32-28(35)23-16-10-5-11-17-23)29(36)34(30)26(24)31(37)38-27(21-12-6-3-7-13-21)22-14-8-4-9-15-22/h3-19,25,27,30H,20H2,1-2H3,(H,32,35)/b19-18+. The van der Waals surface area contributed by atoms with E-state index in [0.29, 0.717) is 16.9 Å². The van der Waals surface area contributed by atoms with Gasteiger partial charge < -0.3 is 15.0 Å². The fourth-order valence-electron chi connectivity index (χ4n) is 4.56. The molecule has 7 nitrogen and oxygen atoms in total. The van der Waals surface area contributed by atoms with Gasteiger partial charge in [0.15, 0.2) is 6.10 Å². The Balaban J connectivity index is 1.44. The normalized spacial score (nSPS) is 18.5. The number of rotatable bonds is 8. The van der Waals surface area contributed by atoms with Crippen molar-refractivity contribution in [2.24, 2.45) is 0 Å². The van der Waals surface area contributed by atoms with Crippen LogP contribution < -0.4 is 5.32 Å². The zero-order valence-corrected chi connectivity index (χ0v) is 22.5. The second kappa shape index (κ2) is 11.6. The molecule has 8 heteroatoms. The second-order valence-corrected chi connectivity index (χ2v) is 10.6. The van der Waals surface area contributed by atoms with Crippen LogP contribution in [0.4, 0.5) is 0 Å². The molecule has 2 atom stereocenters. The number of benzene rings is 3. The molecule has 1 N–H and O–H groups in total. The zero-order chi connectivity index (χ0) is 27.4. The van der Waals surface area contributed by atoms with Crippen LogP contribution in [0.2, 0.25) is 0 Å². The summed E-state index contributed by atoms with van der Waals surface area (Å²) in [4.78, 5) is 43.4. The lowest BCUT2D eigenvalue weighted by Crippen LogP contribution is -2.70. The van der Waals surface area contributed by atoms with Gasteiger partial charge in [0.05, 0.1) is 0 Å². The lowest BCUT2D eigenvalue weighted by Gasteiger charge is -2.49. The number of carbonyl (C=O) groups excluding carboxylic acids is 3. The van der Waals surface area contributed by atoms with Crippen molar-refractivity contribution in [2.75, 3.05) is 19.8 Å². The molecule has 0 radical (unpaired) electrons. The number of esters is 1. The van der Waals surface area contributed by atoms with Crippen LogP contribution in [0.5, 0.6) is 0 Å². The molecule has 1 fully saturated rings. The van der Waals surface area contributed by atoms with Gasteiger partial charge >= 0.3 is 5.97 Å². The van der Waals surface area contributed by atoms with E-state index in [0.717, 1.165) is 11.1 Å². The van der Waals surface area contributed by atoms with E-state index in [1.165, 1.54) is 16.7 Å². The Morgan fingerprint density at radius 3 is 2.08 bits per heavy atom. The Kier molecular flexibility index (Phi) is 7.84. The number of hydrogen-bond donors (Lipinski definition) is 1. The average Bonchev–Trinajstić information content (AvgIpc) is 2.98. The molecule has 0 spiro atoms. The third kappa shape index (κ3) is 5.61. The van der Waals surface area contributed by atoms with Crippen molar-refractivity contribution < 1.29 is 19.1 Å². The molecular weight excluding hydrogens is 510 g/mol. The van der Waals surface area contributed by atoms with E-state index in [1.54, 1.807) is 24.3 Å². The number of amides is 2. The summed E-state index contributed by atoms with van der Waals surface area (Å²) >= 11 is 1.51. The number of hydrogen-bond acceptors (Lipinski definition) is 6. The maximum atomic E-state index is 13.9. The van der Waals surface area contributed by atoms with Crippen molar-refractivity contribution in [3.05, 3.63) is 131 Å². The molecule has 2 aliphatic heterocycles. The van der Waals surface area contributed by atoms with Gasteiger partial charge in [-0.2, -0.15) is 0 Å². The molecule has 198 valence electrons. The minimum absolute atomic E-state index is 0.212. The number of allylic oxidation sites excluding steroid dienone is 1. The summed E-state index contributed by atoms with van der Waals surface area (Å²) in [6, 6.07) is 27.1. The minimum atomic E-state index is -0.732.